The van der Waals surface area contributed by atoms with Crippen LogP contribution in [0, 0.1) is 6.92 Å². The quantitative estimate of drug-likeness (QED) is 0.418. The molecule has 1 fully saturated rings. The molecular formula is C25H30N2O4. The number of aliphatic hydroxyl groups is 1. The standard InChI is InChI=1S/C25H30N2O4/c1-16(2)31-20-8-6-7-19(15-20)22-21(23(28)18-11-9-17(3)10-12-18)24(29)25(30)27(22)14-13-26(4)5/h6-12,15-16,22,28H,13-14H2,1-5H3/b23-21-. The van der Waals surface area contributed by atoms with E-state index in [0.717, 1.165) is 11.1 Å². The lowest BCUT2D eigenvalue weighted by Gasteiger charge is -2.27. The first kappa shape index (κ1) is 22.6. The second-order valence-electron chi connectivity index (χ2n) is 8.40. The Kier molecular flexibility index (Phi) is 6.81. The van der Waals surface area contributed by atoms with Gasteiger partial charge in [0.25, 0.3) is 11.7 Å². The summed E-state index contributed by atoms with van der Waals surface area (Å²) >= 11 is 0. The highest BCUT2D eigenvalue weighted by Gasteiger charge is 2.46. The number of ketones is 1. The van der Waals surface area contributed by atoms with Crippen molar-refractivity contribution in [2.24, 2.45) is 0 Å². The Morgan fingerprint density at radius 3 is 2.42 bits per heavy atom. The first-order valence-corrected chi connectivity index (χ1v) is 10.5. The average molecular weight is 423 g/mol. The van der Waals surface area contributed by atoms with Crippen LogP contribution in [0.3, 0.4) is 0 Å². The number of rotatable bonds is 7. The minimum atomic E-state index is -0.683. The number of benzene rings is 2. The molecule has 31 heavy (non-hydrogen) atoms. The number of hydrogen-bond donors (Lipinski definition) is 1. The first-order valence-electron chi connectivity index (χ1n) is 10.5. The molecule has 2 aromatic carbocycles. The van der Waals surface area contributed by atoms with Crippen molar-refractivity contribution < 1.29 is 19.4 Å². The topological polar surface area (TPSA) is 70.1 Å². The van der Waals surface area contributed by atoms with Crippen LogP contribution in [0.25, 0.3) is 5.76 Å². The van der Waals surface area contributed by atoms with Crippen LogP contribution in [-0.2, 0) is 9.59 Å². The smallest absolute Gasteiger partial charge is 0.295 e. The second-order valence-corrected chi connectivity index (χ2v) is 8.40. The number of carbonyl (C=O) groups excluding carboxylic acids is 2. The maximum Gasteiger partial charge on any atom is 0.295 e. The van der Waals surface area contributed by atoms with E-state index in [4.69, 9.17) is 4.74 Å². The molecule has 0 spiro atoms. The number of aryl methyl sites for hydroxylation is 1. The fraction of sp³-hybridized carbons (Fsp3) is 0.360. The maximum absolute atomic E-state index is 13.0. The summed E-state index contributed by atoms with van der Waals surface area (Å²) in [5, 5.41) is 11.1. The van der Waals surface area contributed by atoms with Crippen LogP contribution in [0.5, 0.6) is 5.75 Å². The lowest BCUT2D eigenvalue weighted by atomic mass is 9.95. The Morgan fingerprint density at radius 2 is 1.81 bits per heavy atom. The molecule has 164 valence electrons. The summed E-state index contributed by atoms with van der Waals surface area (Å²) in [5.41, 5.74) is 2.38. The zero-order valence-corrected chi connectivity index (χ0v) is 18.8. The van der Waals surface area contributed by atoms with Crippen molar-refractivity contribution in [2.75, 3.05) is 27.2 Å². The van der Waals surface area contributed by atoms with Crippen LogP contribution in [0.15, 0.2) is 54.1 Å². The number of aliphatic hydroxyl groups excluding tert-OH is 1. The van der Waals surface area contributed by atoms with Gasteiger partial charge in [0.15, 0.2) is 0 Å². The van der Waals surface area contributed by atoms with Gasteiger partial charge in [-0.05, 0) is 52.6 Å². The number of ether oxygens (including phenoxy) is 1. The van der Waals surface area contributed by atoms with Crippen LogP contribution >= 0.6 is 0 Å². The van der Waals surface area contributed by atoms with Gasteiger partial charge < -0.3 is 19.6 Å². The molecule has 0 radical (unpaired) electrons. The van der Waals surface area contributed by atoms with Gasteiger partial charge in [0, 0.05) is 18.7 Å². The highest BCUT2D eigenvalue weighted by atomic mass is 16.5. The van der Waals surface area contributed by atoms with Crippen LogP contribution < -0.4 is 4.74 Å². The molecule has 6 heteroatoms. The molecule has 3 rings (SSSR count). The minimum absolute atomic E-state index is 0.0112. The summed E-state index contributed by atoms with van der Waals surface area (Å²) in [7, 11) is 3.82. The van der Waals surface area contributed by atoms with E-state index >= 15 is 0 Å². The Balaban J connectivity index is 2.13. The van der Waals surface area contributed by atoms with Gasteiger partial charge in [-0.2, -0.15) is 0 Å². The molecule has 6 nitrogen and oxygen atoms in total. The molecule has 1 atom stereocenters. The van der Waals surface area contributed by atoms with Gasteiger partial charge in [-0.3, -0.25) is 9.59 Å². The van der Waals surface area contributed by atoms with Crippen molar-refractivity contribution >= 4 is 17.4 Å². The molecule has 1 saturated heterocycles. The molecule has 0 bridgehead atoms. The molecule has 1 N–H and O–H groups in total. The van der Waals surface area contributed by atoms with E-state index in [1.807, 2.05) is 76.2 Å². The van der Waals surface area contributed by atoms with E-state index in [-0.39, 0.29) is 17.4 Å². The van der Waals surface area contributed by atoms with Crippen molar-refractivity contribution in [3.8, 4) is 5.75 Å². The van der Waals surface area contributed by atoms with Crippen LogP contribution in [0.1, 0.15) is 36.6 Å². The molecule has 0 aromatic heterocycles. The predicted molar refractivity (Wildman–Crippen MR) is 121 cm³/mol. The summed E-state index contributed by atoms with van der Waals surface area (Å²) in [6.07, 6.45) is -0.0112. The molecule has 1 aliphatic rings. The molecule has 0 aliphatic carbocycles. The normalized spacial score (nSPS) is 18.3. The summed E-state index contributed by atoms with van der Waals surface area (Å²) < 4.78 is 5.82. The van der Waals surface area contributed by atoms with E-state index in [1.54, 1.807) is 12.1 Å². The lowest BCUT2D eigenvalue weighted by molar-refractivity contribution is -0.140. The van der Waals surface area contributed by atoms with Gasteiger partial charge >= 0.3 is 0 Å². The predicted octanol–water partition coefficient (Wildman–Crippen LogP) is 3.77. The van der Waals surface area contributed by atoms with Crippen LogP contribution in [-0.4, -0.2) is 59.9 Å². The molecule has 0 saturated carbocycles. The van der Waals surface area contributed by atoms with Gasteiger partial charge in [0.1, 0.15) is 11.5 Å². The first-order chi connectivity index (χ1) is 14.7. The van der Waals surface area contributed by atoms with E-state index in [9.17, 15) is 14.7 Å². The Bertz CT molecular complexity index is 993. The van der Waals surface area contributed by atoms with E-state index in [2.05, 4.69) is 0 Å². The summed E-state index contributed by atoms with van der Waals surface area (Å²) in [5.74, 6) is -0.778. The van der Waals surface area contributed by atoms with E-state index in [0.29, 0.717) is 24.4 Å². The Labute approximate surface area is 183 Å². The number of likely N-dealkylation sites (N-methyl/N-ethyl adjacent to an activating group) is 1. The molecule has 1 heterocycles. The third kappa shape index (κ3) is 4.97. The fourth-order valence-corrected chi connectivity index (χ4v) is 3.66. The highest BCUT2D eigenvalue weighted by molar-refractivity contribution is 6.46. The van der Waals surface area contributed by atoms with E-state index < -0.39 is 17.7 Å². The monoisotopic (exact) mass is 422 g/mol. The Morgan fingerprint density at radius 1 is 1.13 bits per heavy atom. The molecule has 2 aromatic rings. The van der Waals surface area contributed by atoms with Gasteiger partial charge in [-0.25, -0.2) is 0 Å². The van der Waals surface area contributed by atoms with Gasteiger partial charge in [0.05, 0.1) is 17.7 Å². The zero-order valence-electron chi connectivity index (χ0n) is 18.8. The van der Waals surface area contributed by atoms with Crippen LogP contribution in [0.2, 0.25) is 0 Å². The molecular weight excluding hydrogens is 392 g/mol. The van der Waals surface area contributed by atoms with Crippen molar-refractivity contribution in [3.05, 3.63) is 70.8 Å². The average Bonchev–Trinajstić information content (AvgIpc) is 2.96. The van der Waals surface area contributed by atoms with E-state index in [1.165, 1.54) is 4.90 Å². The van der Waals surface area contributed by atoms with Crippen molar-refractivity contribution in [1.29, 1.82) is 0 Å². The van der Waals surface area contributed by atoms with Gasteiger partial charge in [-0.1, -0.05) is 42.0 Å². The number of hydrogen-bond acceptors (Lipinski definition) is 5. The zero-order chi connectivity index (χ0) is 22.7. The lowest BCUT2D eigenvalue weighted by Crippen LogP contribution is -2.35. The summed E-state index contributed by atoms with van der Waals surface area (Å²) in [6, 6.07) is 13.9. The highest BCUT2D eigenvalue weighted by Crippen LogP contribution is 2.40. The SMILES string of the molecule is Cc1ccc(/C(O)=C2/C(=O)C(=O)N(CCN(C)C)C2c2cccc(OC(C)C)c2)cc1. The van der Waals surface area contributed by atoms with Gasteiger partial charge in [-0.15, -0.1) is 0 Å². The van der Waals surface area contributed by atoms with Crippen molar-refractivity contribution in [3.63, 3.8) is 0 Å². The Hall–Kier alpha value is -3.12. The number of amides is 1. The number of Topliss-reactive ketones (excluding diaryl/α,β-unsaturated/α-hetero) is 1. The third-order valence-electron chi connectivity index (χ3n) is 5.20. The summed E-state index contributed by atoms with van der Waals surface area (Å²) in [4.78, 5) is 29.5. The molecule has 1 unspecified atom stereocenters. The maximum atomic E-state index is 13.0. The number of nitrogens with zero attached hydrogens (tertiary/aromatic N) is 2. The largest absolute Gasteiger partial charge is 0.507 e. The van der Waals surface area contributed by atoms with Crippen LogP contribution in [0.4, 0.5) is 0 Å². The van der Waals surface area contributed by atoms with Gasteiger partial charge in [0.2, 0.25) is 0 Å². The summed E-state index contributed by atoms with van der Waals surface area (Å²) in [6.45, 7) is 6.78. The van der Waals surface area contributed by atoms with Crippen molar-refractivity contribution in [2.45, 2.75) is 32.9 Å². The molecule has 1 amide bonds. The number of likely N-dealkylation sites (tertiary alicyclic amines) is 1. The fourth-order valence-electron chi connectivity index (χ4n) is 3.66. The third-order valence-corrected chi connectivity index (χ3v) is 5.20. The molecule has 1 aliphatic heterocycles. The minimum Gasteiger partial charge on any atom is -0.507 e. The second kappa shape index (κ2) is 9.35. The number of carbonyl (C=O) groups is 2. The van der Waals surface area contributed by atoms with Crippen molar-refractivity contribution in [1.82, 2.24) is 9.80 Å².